The Labute approximate surface area is 157 Å². The molecule has 1 amide bonds. The van der Waals surface area contributed by atoms with Crippen LogP contribution >= 0.6 is 15.9 Å². The predicted molar refractivity (Wildman–Crippen MR) is 100 cm³/mol. The normalized spacial score (nSPS) is 10.7. The van der Waals surface area contributed by atoms with Gasteiger partial charge in [-0.2, -0.15) is 0 Å². The van der Waals surface area contributed by atoms with Gasteiger partial charge in [-0.05, 0) is 36.8 Å². The van der Waals surface area contributed by atoms with Crippen LogP contribution in [0.1, 0.15) is 33.5 Å². The summed E-state index contributed by atoms with van der Waals surface area (Å²) in [5, 5.41) is 12.1. The molecule has 0 fully saturated rings. The summed E-state index contributed by atoms with van der Waals surface area (Å²) < 4.78 is 7.56. The van der Waals surface area contributed by atoms with Crippen molar-refractivity contribution in [3.8, 4) is 5.75 Å². The molecular weight excluding hydrogens is 402 g/mol. The molecule has 3 aromatic rings. The SMILES string of the molecule is CCc1nc2c(OC)cccn2c1C(=O)Nc1ccc(Br)cc1C(=O)O. The first-order valence-corrected chi connectivity index (χ1v) is 8.63. The maximum atomic E-state index is 12.9. The van der Waals surface area contributed by atoms with Gasteiger partial charge in [0.2, 0.25) is 0 Å². The zero-order chi connectivity index (χ0) is 18.8. The van der Waals surface area contributed by atoms with Crippen LogP contribution in [0.3, 0.4) is 0 Å². The van der Waals surface area contributed by atoms with E-state index in [1.54, 1.807) is 34.9 Å². The molecule has 2 N–H and O–H groups in total. The van der Waals surface area contributed by atoms with Gasteiger partial charge >= 0.3 is 5.97 Å². The molecular formula is C18H16BrN3O4. The number of aromatic carboxylic acids is 1. The van der Waals surface area contributed by atoms with E-state index >= 15 is 0 Å². The van der Waals surface area contributed by atoms with Gasteiger partial charge in [-0.25, -0.2) is 9.78 Å². The third-order valence-electron chi connectivity index (χ3n) is 3.92. The maximum Gasteiger partial charge on any atom is 0.337 e. The minimum absolute atomic E-state index is 0.00262. The number of amides is 1. The van der Waals surface area contributed by atoms with Gasteiger partial charge in [0.05, 0.1) is 24.1 Å². The molecule has 0 saturated carbocycles. The Morgan fingerprint density at radius 3 is 2.77 bits per heavy atom. The van der Waals surface area contributed by atoms with E-state index in [1.807, 2.05) is 6.92 Å². The average molecular weight is 418 g/mol. The first-order chi connectivity index (χ1) is 12.5. The van der Waals surface area contributed by atoms with Crippen LogP contribution in [-0.4, -0.2) is 33.5 Å². The molecule has 0 aliphatic heterocycles. The number of aryl methyl sites for hydroxylation is 1. The Kier molecular flexibility index (Phi) is 4.94. The fourth-order valence-corrected chi connectivity index (χ4v) is 3.08. The van der Waals surface area contributed by atoms with Crippen LogP contribution < -0.4 is 10.1 Å². The molecule has 0 unspecified atom stereocenters. The number of carbonyl (C=O) groups is 2. The topological polar surface area (TPSA) is 92.9 Å². The number of benzene rings is 1. The molecule has 0 spiro atoms. The molecule has 1 aromatic carbocycles. The van der Waals surface area contributed by atoms with Gasteiger partial charge < -0.3 is 15.2 Å². The number of ether oxygens (including phenoxy) is 1. The van der Waals surface area contributed by atoms with Gasteiger partial charge in [0, 0.05) is 10.7 Å². The fourth-order valence-electron chi connectivity index (χ4n) is 2.72. The molecule has 2 aromatic heterocycles. The molecule has 0 saturated heterocycles. The number of carboxylic acids is 1. The number of halogens is 1. The number of rotatable bonds is 5. The first kappa shape index (κ1) is 17.9. The zero-order valence-corrected chi connectivity index (χ0v) is 15.7. The quantitative estimate of drug-likeness (QED) is 0.661. The van der Waals surface area contributed by atoms with Crippen molar-refractivity contribution < 1.29 is 19.4 Å². The molecule has 0 atom stereocenters. The number of hydrogen-bond acceptors (Lipinski definition) is 4. The lowest BCUT2D eigenvalue weighted by atomic mass is 10.1. The van der Waals surface area contributed by atoms with Crippen LogP contribution in [0.25, 0.3) is 5.65 Å². The Bertz CT molecular complexity index is 1010. The van der Waals surface area contributed by atoms with Gasteiger partial charge in [0.15, 0.2) is 11.4 Å². The summed E-state index contributed by atoms with van der Waals surface area (Å²) in [7, 11) is 1.54. The van der Waals surface area contributed by atoms with Crippen LogP contribution in [-0.2, 0) is 6.42 Å². The van der Waals surface area contributed by atoms with Gasteiger partial charge in [-0.1, -0.05) is 22.9 Å². The lowest BCUT2D eigenvalue weighted by Gasteiger charge is -2.10. The molecule has 0 aliphatic rings. The van der Waals surface area contributed by atoms with Gasteiger partial charge in [-0.3, -0.25) is 9.20 Å². The molecule has 0 bridgehead atoms. The van der Waals surface area contributed by atoms with E-state index in [0.29, 0.717) is 33.7 Å². The van der Waals surface area contributed by atoms with Crippen molar-refractivity contribution in [3.05, 3.63) is 58.0 Å². The van der Waals surface area contributed by atoms with Crippen LogP contribution in [0.15, 0.2) is 41.0 Å². The minimum atomic E-state index is -1.13. The Hall–Kier alpha value is -2.87. The van der Waals surface area contributed by atoms with E-state index in [2.05, 4.69) is 26.2 Å². The van der Waals surface area contributed by atoms with Crippen molar-refractivity contribution in [3.63, 3.8) is 0 Å². The van der Waals surface area contributed by atoms with E-state index in [1.165, 1.54) is 13.2 Å². The second kappa shape index (κ2) is 7.17. The van der Waals surface area contributed by atoms with Crippen LogP contribution in [0.2, 0.25) is 0 Å². The summed E-state index contributed by atoms with van der Waals surface area (Å²) in [6.07, 6.45) is 2.26. The molecule has 2 heterocycles. The number of pyridine rings is 1. The summed E-state index contributed by atoms with van der Waals surface area (Å²) in [6.45, 7) is 1.90. The van der Waals surface area contributed by atoms with Crippen LogP contribution in [0, 0.1) is 0 Å². The van der Waals surface area contributed by atoms with Gasteiger partial charge in [0.25, 0.3) is 5.91 Å². The second-order valence-corrected chi connectivity index (χ2v) is 6.40. The lowest BCUT2D eigenvalue weighted by molar-refractivity contribution is 0.0698. The molecule has 26 heavy (non-hydrogen) atoms. The molecule has 0 radical (unpaired) electrons. The summed E-state index contributed by atoms with van der Waals surface area (Å²) in [5.41, 5.74) is 1.69. The van der Waals surface area contributed by atoms with Crippen molar-refractivity contribution in [1.29, 1.82) is 0 Å². The van der Waals surface area contributed by atoms with Crippen molar-refractivity contribution >= 4 is 39.1 Å². The molecule has 7 nitrogen and oxygen atoms in total. The maximum absolute atomic E-state index is 12.9. The Morgan fingerprint density at radius 1 is 1.35 bits per heavy atom. The Morgan fingerprint density at radius 2 is 2.12 bits per heavy atom. The monoisotopic (exact) mass is 417 g/mol. The van der Waals surface area contributed by atoms with E-state index in [-0.39, 0.29) is 11.3 Å². The van der Waals surface area contributed by atoms with Gasteiger partial charge in [0.1, 0.15) is 5.69 Å². The zero-order valence-electron chi connectivity index (χ0n) is 14.1. The number of nitrogens with one attached hydrogen (secondary N) is 1. The highest BCUT2D eigenvalue weighted by Crippen LogP contribution is 2.25. The highest BCUT2D eigenvalue weighted by atomic mass is 79.9. The van der Waals surface area contributed by atoms with E-state index in [4.69, 9.17) is 4.74 Å². The summed E-state index contributed by atoms with van der Waals surface area (Å²) in [6, 6.07) is 8.17. The largest absolute Gasteiger partial charge is 0.493 e. The molecule has 3 rings (SSSR count). The van der Waals surface area contributed by atoms with Crippen molar-refractivity contribution in [2.45, 2.75) is 13.3 Å². The van der Waals surface area contributed by atoms with Gasteiger partial charge in [-0.15, -0.1) is 0 Å². The van der Waals surface area contributed by atoms with E-state index in [9.17, 15) is 14.7 Å². The minimum Gasteiger partial charge on any atom is -0.493 e. The van der Waals surface area contributed by atoms with E-state index < -0.39 is 11.9 Å². The standard InChI is InChI=1S/C18H16BrN3O4/c1-3-12-15(22-8-4-5-14(26-2)16(22)20-12)17(23)21-13-7-6-10(19)9-11(13)18(24)25/h4-9H,3H2,1-2H3,(H,21,23)(H,24,25). The second-order valence-electron chi connectivity index (χ2n) is 5.48. The van der Waals surface area contributed by atoms with Crippen molar-refractivity contribution in [2.75, 3.05) is 12.4 Å². The van der Waals surface area contributed by atoms with Crippen LogP contribution in [0.4, 0.5) is 5.69 Å². The average Bonchev–Trinajstić information content (AvgIpc) is 3.01. The number of fused-ring (bicyclic) bond motifs is 1. The number of hydrogen-bond donors (Lipinski definition) is 2. The number of aromatic nitrogens is 2. The summed E-state index contributed by atoms with van der Waals surface area (Å²) >= 11 is 3.24. The summed E-state index contributed by atoms with van der Waals surface area (Å²) in [4.78, 5) is 28.9. The molecule has 134 valence electrons. The first-order valence-electron chi connectivity index (χ1n) is 7.84. The van der Waals surface area contributed by atoms with Crippen molar-refractivity contribution in [1.82, 2.24) is 9.38 Å². The number of imidazole rings is 1. The van der Waals surface area contributed by atoms with Crippen LogP contribution in [0.5, 0.6) is 5.75 Å². The summed E-state index contributed by atoms with van der Waals surface area (Å²) in [5.74, 6) is -1.01. The lowest BCUT2D eigenvalue weighted by Crippen LogP contribution is -2.18. The predicted octanol–water partition coefficient (Wildman–Crippen LogP) is 3.62. The highest BCUT2D eigenvalue weighted by molar-refractivity contribution is 9.10. The van der Waals surface area contributed by atoms with Crippen molar-refractivity contribution in [2.24, 2.45) is 0 Å². The van der Waals surface area contributed by atoms with E-state index in [0.717, 1.165) is 0 Å². The third-order valence-corrected chi connectivity index (χ3v) is 4.41. The smallest absolute Gasteiger partial charge is 0.337 e. The molecule has 0 aliphatic carbocycles. The number of carboxylic acid groups (broad SMARTS) is 1. The third kappa shape index (κ3) is 3.15. The number of nitrogens with zero attached hydrogens (tertiary/aromatic N) is 2. The Balaban J connectivity index is 2.08. The fraction of sp³-hybridized carbons (Fsp3) is 0.167. The number of methoxy groups -OCH3 is 1. The number of carbonyl (C=O) groups excluding carboxylic acids is 1. The molecule has 8 heteroatoms. The number of anilines is 1. The highest BCUT2D eigenvalue weighted by Gasteiger charge is 2.22.